The largest absolute Gasteiger partial charge is 0.467 e. The minimum atomic E-state index is -1.11. The van der Waals surface area contributed by atoms with Crippen LogP contribution in [0.15, 0.2) is 12.7 Å². The average molecular weight is 299 g/mol. The first-order valence-electron chi connectivity index (χ1n) is 6.93. The third-order valence-corrected chi connectivity index (χ3v) is 3.46. The number of carbonyl (C=O) groups excluding carboxylic acids is 2. The van der Waals surface area contributed by atoms with Crippen molar-refractivity contribution in [3.05, 3.63) is 12.7 Å². The van der Waals surface area contributed by atoms with Crippen molar-refractivity contribution >= 4 is 12.1 Å². The molecule has 1 rings (SSSR count). The Bertz CT molecular complexity index is 415. The quantitative estimate of drug-likeness (QED) is 0.588. The van der Waals surface area contributed by atoms with Crippen LogP contribution >= 0.6 is 0 Å². The van der Waals surface area contributed by atoms with E-state index in [9.17, 15) is 9.59 Å². The van der Waals surface area contributed by atoms with E-state index in [1.165, 1.54) is 12.0 Å². The van der Waals surface area contributed by atoms with E-state index in [1.807, 2.05) is 0 Å². The third kappa shape index (κ3) is 3.75. The normalized spacial score (nSPS) is 25.6. The van der Waals surface area contributed by atoms with Crippen LogP contribution in [-0.2, 0) is 19.0 Å². The second-order valence-corrected chi connectivity index (χ2v) is 6.17. The molecule has 0 aliphatic carbocycles. The van der Waals surface area contributed by atoms with E-state index in [1.54, 1.807) is 34.0 Å². The fourth-order valence-corrected chi connectivity index (χ4v) is 2.55. The van der Waals surface area contributed by atoms with Crippen LogP contribution in [0.2, 0.25) is 0 Å². The van der Waals surface area contributed by atoms with Crippen molar-refractivity contribution in [2.24, 2.45) is 0 Å². The molecule has 0 N–H and O–H groups in total. The summed E-state index contributed by atoms with van der Waals surface area (Å²) >= 11 is 0. The van der Waals surface area contributed by atoms with Gasteiger partial charge in [0.15, 0.2) is 0 Å². The Morgan fingerprint density at radius 3 is 2.43 bits per heavy atom. The van der Waals surface area contributed by atoms with Crippen LogP contribution in [0.1, 0.15) is 33.6 Å². The summed E-state index contributed by atoms with van der Waals surface area (Å²) in [5.74, 6) is -0.479. The lowest BCUT2D eigenvalue weighted by atomic mass is 9.91. The van der Waals surface area contributed by atoms with Crippen molar-refractivity contribution in [2.45, 2.75) is 50.9 Å². The van der Waals surface area contributed by atoms with E-state index in [2.05, 4.69) is 6.58 Å². The first kappa shape index (κ1) is 17.5. The van der Waals surface area contributed by atoms with Gasteiger partial charge in [0.2, 0.25) is 0 Å². The van der Waals surface area contributed by atoms with Gasteiger partial charge in [-0.2, -0.15) is 0 Å². The van der Waals surface area contributed by atoms with Gasteiger partial charge in [0.25, 0.3) is 0 Å². The van der Waals surface area contributed by atoms with E-state index < -0.39 is 23.2 Å². The zero-order valence-corrected chi connectivity index (χ0v) is 13.5. The number of methoxy groups -OCH3 is 2. The Hall–Kier alpha value is -1.56. The molecule has 120 valence electrons. The Labute approximate surface area is 126 Å². The molecule has 0 saturated carbocycles. The van der Waals surface area contributed by atoms with E-state index in [4.69, 9.17) is 14.2 Å². The molecule has 1 aliphatic rings. The van der Waals surface area contributed by atoms with Crippen molar-refractivity contribution < 1.29 is 23.8 Å². The van der Waals surface area contributed by atoms with Crippen LogP contribution < -0.4 is 0 Å². The molecule has 2 atom stereocenters. The molecule has 0 unspecified atom stereocenters. The molecule has 1 saturated heterocycles. The Morgan fingerprint density at radius 2 is 2.00 bits per heavy atom. The predicted molar refractivity (Wildman–Crippen MR) is 77.9 cm³/mol. The molecular formula is C15H25NO5. The molecule has 6 nitrogen and oxygen atoms in total. The minimum Gasteiger partial charge on any atom is -0.467 e. The van der Waals surface area contributed by atoms with Crippen LogP contribution in [0.4, 0.5) is 4.79 Å². The number of carbonyl (C=O) groups is 2. The fraction of sp³-hybridized carbons (Fsp3) is 0.733. The Kier molecular flexibility index (Phi) is 5.39. The number of rotatable bonds is 4. The van der Waals surface area contributed by atoms with E-state index >= 15 is 0 Å². The number of hydrogen-bond acceptors (Lipinski definition) is 5. The average Bonchev–Trinajstić information content (AvgIpc) is 2.76. The highest BCUT2D eigenvalue weighted by Gasteiger charge is 2.54. The van der Waals surface area contributed by atoms with Gasteiger partial charge in [-0.1, -0.05) is 6.08 Å². The maximum absolute atomic E-state index is 12.4. The lowest BCUT2D eigenvalue weighted by Gasteiger charge is -2.35. The summed E-state index contributed by atoms with van der Waals surface area (Å²) in [6, 6.07) is 0. The topological polar surface area (TPSA) is 65.1 Å². The molecule has 0 radical (unpaired) electrons. The summed E-state index contributed by atoms with van der Waals surface area (Å²) in [6.45, 7) is 9.30. The van der Waals surface area contributed by atoms with Gasteiger partial charge in [-0.15, -0.1) is 6.58 Å². The van der Waals surface area contributed by atoms with Gasteiger partial charge < -0.3 is 14.2 Å². The van der Waals surface area contributed by atoms with Gasteiger partial charge in [-0.25, -0.2) is 9.59 Å². The van der Waals surface area contributed by atoms with Gasteiger partial charge >= 0.3 is 12.1 Å². The van der Waals surface area contributed by atoms with E-state index in [0.717, 1.165) is 0 Å². The summed E-state index contributed by atoms with van der Waals surface area (Å²) < 4.78 is 15.6. The summed E-state index contributed by atoms with van der Waals surface area (Å²) in [5.41, 5.74) is -1.75. The molecule has 1 fully saturated rings. The SMILES string of the molecule is C=CC[C@]1(C(=O)OC)C[C@@H](OC)CN1C(=O)OC(C)(C)C. The van der Waals surface area contributed by atoms with Crippen LogP contribution in [0.3, 0.4) is 0 Å². The van der Waals surface area contributed by atoms with E-state index in [0.29, 0.717) is 12.8 Å². The van der Waals surface area contributed by atoms with Crippen molar-refractivity contribution in [1.29, 1.82) is 0 Å². The molecule has 6 heteroatoms. The summed E-state index contributed by atoms with van der Waals surface area (Å²) in [4.78, 5) is 26.1. The lowest BCUT2D eigenvalue weighted by molar-refractivity contribution is -0.153. The first-order valence-corrected chi connectivity index (χ1v) is 6.93. The molecule has 21 heavy (non-hydrogen) atoms. The third-order valence-electron chi connectivity index (χ3n) is 3.46. The second-order valence-electron chi connectivity index (χ2n) is 6.17. The van der Waals surface area contributed by atoms with Gasteiger partial charge in [0.05, 0.1) is 19.8 Å². The number of ether oxygens (including phenoxy) is 3. The smallest absolute Gasteiger partial charge is 0.411 e. The molecule has 0 aromatic rings. The lowest BCUT2D eigenvalue weighted by Crippen LogP contribution is -2.54. The minimum absolute atomic E-state index is 0.239. The van der Waals surface area contributed by atoms with Gasteiger partial charge in [-0.3, -0.25) is 4.90 Å². The van der Waals surface area contributed by atoms with Crippen LogP contribution in [0.5, 0.6) is 0 Å². The molecule has 0 aromatic carbocycles. The Morgan fingerprint density at radius 1 is 1.38 bits per heavy atom. The van der Waals surface area contributed by atoms with Gasteiger partial charge in [0, 0.05) is 13.5 Å². The van der Waals surface area contributed by atoms with Crippen LogP contribution in [-0.4, -0.2) is 55.0 Å². The highest BCUT2D eigenvalue weighted by atomic mass is 16.6. The zero-order valence-electron chi connectivity index (χ0n) is 13.5. The molecule has 1 aliphatic heterocycles. The van der Waals surface area contributed by atoms with Gasteiger partial charge in [0.1, 0.15) is 11.1 Å². The Balaban J connectivity index is 3.13. The maximum atomic E-state index is 12.4. The molecule has 1 heterocycles. The molecular weight excluding hydrogens is 274 g/mol. The van der Waals surface area contributed by atoms with Crippen LogP contribution in [0, 0.1) is 0 Å². The van der Waals surface area contributed by atoms with E-state index in [-0.39, 0.29) is 12.6 Å². The predicted octanol–water partition coefficient (Wildman–Crippen LogP) is 2.13. The molecule has 0 aromatic heterocycles. The van der Waals surface area contributed by atoms with Crippen molar-refractivity contribution in [2.75, 3.05) is 20.8 Å². The molecule has 0 bridgehead atoms. The van der Waals surface area contributed by atoms with Crippen molar-refractivity contribution in [3.8, 4) is 0 Å². The fourth-order valence-electron chi connectivity index (χ4n) is 2.55. The molecule has 0 spiro atoms. The number of amides is 1. The standard InChI is InChI=1S/C15H25NO5/c1-7-8-15(12(17)20-6)9-11(19-5)10-16(15)13(18)21-14(2,3)4/h7,11H,1,8-10H2,2-6H3/t11-,15-/m1/s1. The number of esters is 1. The highest BCUT2D eigenvalue weighted by molar-refractivity contribution is 5.87. The zero-order chi connectivity index (χ0) is 16.3. The van der Waals surface area contributed by atoms with Gasteiger partial charge in [-0.05, 0) is 27.2 Å². The van der Waals surface area contributed by atoms with Crippen molar-refractivity contribution in [3.63, 3.8) is 0 Å². The number of hydrogen-bond donors (Lipinski definition) is 0. The first-order chi connectivity index (χ1) is 9.70. The summed E-state index contributed by atoms with van der Waals surface area (Å²) in [7, 11) is 2.86. The summed E-state index contributed by atoms with van der Waals surface area (Å²) in [6.07, 6.45) is 1.47. The van der Waals surface area contributed by atoms with Crippen LogP contribution in [0.25, 0.3) is 0 Å². The van der Waals surface area contributed by atoms with Crippen molar-refractivity contribution in [1.82, 2.24) is 4.90 Å². The molecule has 1 amide bonds. The monoisotopic (exact) mass is 299 g/mol. The maximum Gasteiger partial charge on any atom is 0.411 e. The number of nitrogens with zero attached hydrogens (tertiary/aromatic N) is 1. The summed E-state index contributed by atoms with van der Waals surface area (Å²) in [5, 5.41) is 0. The second kappa shape index (κ2) is 6.47. The number of likely N-dealkylation sites (tertiary alicyclic amines) is 1. The highest BCUT2D eigenvalue weighted by Crippen LogP contribution is 2.36.